The Balaban J connectivity index is 1.62. The zero-order chi connectivity index (χ0) is 21.9. The Hall–Kier alpha value is -2.45. The number of carbonyl (C=O) groups excluding carboxylic acids is 1. The molecule has 1 N–H and O–H groups in total. The number of sulfonamides is 1. The van der Waals surface area contributed by atoms with Crippen molar-refractivity contribution >= 4 is 33.2 Å². The molecule has 0 saturated heterocycles. The lowest BCUT2D eigenvalue weighted by atomic mass is 10.0. The van der Waals surface area contributed by atoms with E-state index in [1.165, 1.54) is 6.07 Å². The number of para-hydroxylation sites is 1. The highest BCUT2D eigenvalue weighted by molar-refractivity contribution is 7.92. The van der Waals surface area contributed by atoms with Crippen molar-refractivity contribution in [1.29, 1.82) is 0 Å². The summed E-state index contributed by atoms with van der Waals surface area (Å²) in [6, 6.07) is 12.4. The van der Waals surface area contributed by atoms with Gasteiger partial charge in [0.1, 0.15) is 18.1 Å². The molecule has 1 unspecified atom stereocenters. The zero-order valence-electron chi connectivity index (χ0n) is 17.1. The number of hydrogen-bond acceptors (Lipinski definition) is 5. The van der Waals surface area contributed by atoms with Gasteiger partial charge in [-0.1, -0.05) is 43.6 Å². The molecule has 0 aliphatic carbocycles. The molecule has 0 radical (unpaired) electrons. The Kier molecular flexibility index (Phi) is 6.77. The smallest absolute Gasteiger partial charge is 0.263 e. The SMILES string of the molecule is CC(C)c1ccccc1OCCNC(=O)C1CN(S(C)(=O)=O)c2cc(Cl)ccc2O1. The minimum atomic E-state index is -3.61. The summed E-state index contributed by atoms with van der Waals surface area (Å²) in [5, 5.41) is 3.13. The predicted molar refractivity (Wildman–Crippen MR) is 117 cm³/mol. The summed E-state index contributed by atoms with van der Waals surface area (Å²) in [5.41, 5.74) is 1.42. The molecule has 1 aliphatic rings. The van der Waals surface area contributed by atoms with Crippen molar-refractivity contribution in [3.05, 3.63) is 53.1 Å². The van der Waals surface area contributed by atoms with E-state index in [0.29, 0.717) is 22.4 Å². The molecule has 0 fully saturated rings. The molecule has 2 aromatic carbocycles. The first-order valence-electron chi connectivity index (χ1n) is 9.60. The topological polar surface area (TPSA) is 84.9 Å². The second-order valence-corrected chi connectivity index (χ2v) is 9.69. The predicted octanol–water partition coefficient (Wildman–Crippen LogP) is 3.19. The molecule has 1 aliphatic heterocycles. The first-order valence-corrected chi connectivity index (χ1v) is 11.8. The third-order valence-electron chi connectivity index (χ3n) is 4.68. The third kappa shape index (κ3) is 5.17. The molecule has 0 aromatic heterocycles. The van der Waals surface area contributed by atoms with Crippen molar-refractivity contribution in [3.63, 3.8) is 0 Å². The van der Waals surface area contributed by atoms with Crippen molar-refractivity contribution in [2.24, 2.45) is 0 Å². The van der Waals surface area contributed by atoms with E-state index < -0.39 is 22.0 Å². The first-order chi connectivity index (χ1) is 14.2. The fourth-order valence-electron chi connectivity index (χ4n) is 3.21. The molecule has 0 spiro atoms. The Morgan fingerprint density at radius 2 is 2.03 bits per heavy atom. The van der Waals surface area contributed by atoms with Gasteiger partial charge < -0.3 is 14.8 Å². The molecule has 30 heavy (non-hydrogen) atoms. The summed E-state index contributed by atoms with van der Waals surface area (Å²) in [7, 11) is -3.61. The summed E-state index contributed by atoms with van der Waals surface area (Å²) in [6.07, 6.45) is 0.106. The second-order valence-electron chi connectivity index (χ2n) is 7.34. The van der Waals surface area contributed by atoms with Crippen molar-refractivity contribution < 1.29 is 22.7 Å². The van der Waals surface area contributed by atoms with Crippen LogP contribution in [-0.4, -0.2) is 46.4 Å². The van der Waals surface area contributed by atoms with Gasteiger partial charge in [-0.3, -0.25) is 9.10 Å². The van der Waals surface area contributed by atoms with Gasteiger partial charge in [0.05, 0.1) is 25.0 Å². The lowest BCUT2D eigenvalue weighted by Crippen LogP contribution is -2.51. The van der Waals surface area contributed by atoms with Gasteiger partial charge in [0.15, 0.2) is 6.10 Å². The van der Waals surface area contributed by atoms with Gasteiger partial charge in [-0.05, 0) is 35.7 Å². The summed E-state index contributed by atoms with van der Waals surface area (Å²) < 4.78 is 37.1. The summed E-state index contributed by atoms with van der Waals surface area (Å²) in [5.74, 6) is 0.982. The lowest BCUT2D eigenvalue weighted by Gasteiger charge is -2.34. The van der Waals surface area contributed by atoms with Crippen molar-refractivity contribution in [1.82, 2.24) is 5.32 Å². The number of amides is 1. The quantitative estimate of drug-likeness (QED) is 0.652. The molecule has 2 aromatic rings. The van der Waals surface area contributed by atoms with E-state index in [9.17, 15) is 13.2 Å². The van der Waals surface area contributed by atoms with E-state index in [1.54, 1.807) is 12.1 Å². The maximum atomic E-state index is 12.6. The van der Waals surface area contributed by atoms with Crippen LogP contribution < -0.4 is 19.1 Å². The molecule has 3 rings (SSSR count). The average Bonchev–Trinajstić information content (AvgIpc) is 2.69. The number of nitrogens with zero attached hydrogens (tertiary/aromatic N) is 1. The molecule has 0 bridgehead atoms. The number of halogens is 1. The van der Waals surface area contributed by atoms with Crippen LogP contribution in [0, 0.1) is 0 Å². The standard InChI is InChI=1S/C21H25ClN2O5S/c1-14(2)16-6-4-5-7-18(16)28-11-10-23-21(25)20-13-24(30(3,26)27)17-12-15(22)8-9-19(17)29-20/h4-9,12,14,20H,10-11,13H2,1-3H3,(H,23,25). The second kappa shape index (κ2) is 9.14. The molecule has 1 heterocycles. The van der Waals surface area contributed by atoms with E-state index in [-0.39, 0.29) is 19.7 Å². The van der Waals surface area contributed by atoms with Crippen LogP contribution in [0.1, 0.15) is 25.3 Å². The Bertz CT molecular complexity index is 1030. The van der Waals surface area contributed by atoms with Crippen LogP contribution in [0.3, 0.4) is 0 Å². The fraction of sp³-hybridized carbons (Fsp3) is 0.381. The van der Waals surface area contributed by atoms with Crippen LogP contribution in [-0.2, 0) is 14.8 Å². The first kappa shape index (κ1) is 22.2. The number of carbonyl (C=O) groups is 1. The highest BCUT2D eigenvalue weighted by atomic mass is 35.5. The summed E-state index contributed by atoms with van der Waals surface area (Å²) >= 11 is 5.99. The minimum Gasteiger partial charge on any atom is -0.491 e. The monoisotopic (exact) mass is 452 g/mol. The van der Waals surface area contributed by atoms with E-state index in [2.05, 4.69) is 19.2 Å². The number of anilines is 1. The average molecular weight is 453 g/mol. The summed E-state index contributed by atoms with van der Waals surface area (Å²) in [4.78, 5) is 12.6. The lowest BCUT2D eigenvalue weighted by molar-refractivity contribution is -0.127. The number of ether oxygens (including phenoxy) is 2. The van der Waals surface area contributed by atoms with E-state index >= 15 is 0 Å². The fourth-order valence-corrected chi connectivity index (χ4v) is 4.29. The Morgan fingerprint density at radius 3 is 2.73 bits per heavy atom. The molecule has 1 amide bonds. The highest BCUT2D eigenvalue weighted by Crippen LogP contribution is 2.37. The van der Waals surface area contributed by atoms with Crippen LogP contribution in [0.5, 0.6) is 11.5 Å². The molecule has 162 valence electrons. The number of hydrogen-bond donors (Lipinski definition) is 1. The molecule has 0 saturated carbocycles. The van der Waals surface area contributed by atoms with Gasteiger partial charge in [0.25, 0.3) is 5.91 Å². The Morgan fingerprint density at radius 1 is 1.30 bits per heavy atom. The van der Waals surface area contributed by atoms with E-state index in [1.807, 2.05) is 24.3 Å². The van der Waals surface area contributed by atoms with Gasteiger partial charge in [0, 0.05) is 5.02 Å². The number of fused-ring (bicyclic) bond motifs is 1. The van der Waals surface area contributed by atoms with Crippen LogP contribution in [0.4, 0.5) is 5.69 Å². The van der Waals surface area contributed by atoms with Gasteiger partial charge in [0.2, 0.25) is 10.0 Å². The molecular weight excluding hydrogens is 428 g/mol. The number of nitrogens with one attached hydrogen (secondary N) is 1. The maximum absolute atomic E-state index is 12.6. The van der Waals surface area contributed by atoms with Crippen LogP contribution in [0.25, 0.3) is 0 Å². The highest BCUT2D eigenvalue weighted by Gasteiger charge is 2.35. The van der Waals surface area contributed by atoms with Crippen molar-refractivity contribution in [2.45, 2.75) is 25.9 Å². The van der Waals surface area contributed by atoms with Crippen molar-refractivity contribution in [3.8, 4) is 11.5 Å². The Labute approximate surface area is 182 Å². The van der Waals surface area contributed by atoms with E-state index in [4.69, 9.17) is 21.1 Å². The molecule has 7 nitrogen and oxygen atoms in total. The van der Waals surface area contributed by atoms with E-state index in [0.717, 1.165) is 21.9 Å². The molecule has 9 heteroatoms. The molecule has 1 atom stereocenters. The van der Waals surface area contributed by atoms with Crippen LogP contribution >= 0.6 is 11.6 Å². The molecular formula is C21H25ClN2O5S. The van der Waals surface area contributed by atoms with Gasteiger partial charge >= 0.3 is 0 Å². The largest absolute Gasteiger partial charge is 0.491 e. The third-order valence-corrected chi connectivity index (χ3v) is 6.06. The number of benzene rings is 2. The zero-order valence-corrected chi connectivity index (χ0v) is 18.7. The maximum Gasteiger partial charge on any atom is 0.263 e. The minimum absolute atomic E-state index is 0.130. The van der Waals surface area contributed by atoms with Crippen LogP contribution in [0.2, 0.25) is 5.02 Å². The normalized spacial score (nSPS) is 16.0. The summed E-state index contributed by atoms with van der Waals surface area (Å²) in [6.45, 7) is 4.59. The van der Waals surface area contributed by atoms with Gasteiger partial charge in [-0.2, -0.15) is 0 Å². The van der Waals surface area contributed by atoms with Gasteiger partial charge in [-0.25, -0.2) is 8.42 Å². The van der Waals surface area contributed by atoms with Crippen molar-refractivity contribution in [2.75, 3.05) is 30.3 Å². The van der Waals surface area contributed by atoms with Crippen LogP contribution in [0.15, 0.2) is 42.5 Å². The van der Waals surface area contributed by atoms with Gasteiger partial charge in [-0.15, -0.1) is 0 Å². The number of rotatable bonds is 7.